The third kappa shape index (κ3) is 1.59. The van der Waals surface area contributed by atoms with Crippen molar-refractivity contribution in [2.24, 2.45) is 11.7 Å². The molecule has 18 heavy (non-hydrogen) atoms. The Morgan fingerprint density at radius 1 is 1.50 bits per heavy atom. The van der Waals surface area contributed by atoms with Crippen LogP contribution < -0.4 is 16.3 Å². The highest BCUT2D eigenvalue weighted by Crippen LogP contribution is 2.22. The number of hydrogen-bond acceptors (Lipinski definition) is 5. The number of rotatable bonds is 1. The van der Waals surface area contributed by atoms with Gasteiger partial charge in [0, 0.05) is 25.2 Å². The lowest BCUT2D eigenvalue weighted by molar-refractivity contribution is 0.566. The van der Waals surface area contributed by atoms with Crippen LogP contribution in [0.15, 0.2) is 10.9 Å². The zero-order chi connectivity index (χ0) is 12.9. The molecule has 0 saturated carbocycles. The average molecular weight is 248 g/mol. The van der Waals surface area contributed by atoms with Crippen molar-refractivity contribution in [3.8, 4) is 0 Å². The smallest absolute Gasteiger partial charge is 0.349 e. The Hall–Kier alpha value is -1.89. The van der Waals surface area contributed by atoms with Crippen molar-refractivity contribution < 1.29 is 0 Å². The first-order valence-corrected chi connectivity index (χ1v) is 6.01. The fourth-order valence-corrected chi connectivity index (χ4v) is 2.42. The van der Waals surface area contributed by atoms with E-state index in [1.807, 2.05) is 6.07 Å². The molecule has 0 amide bonds. The summed E-state index contributed by atoms with van der Waals surface area (Å²) in [7, 11) is 0. The highest BCUT2D eigenvalue weighted by Gasteiger charge is 2.27. The van der Waals surface area contributed by atoms with Crippen LogP contribution in [0.2, 0.25) is 0 Å². The van der Waals surface area contributed by atoms with Crippen LogP contribution in [0.3, 0.4) is 0 Å². The van der Waals surface area contributed by atoms with Gasteiger partial charge in [-0.15, -0.1) is 0 Å². The molecule has 1 fully saturated rings. The van der Waals surface area contributed by atoms with Gasteiger partial charge in [-0.1, -0.05) is 6.92 Å². The van der Waals surface area contributed by atoms with Crippen LogP contribution in [0.1, 0.15) is 12.7 Å². The molecule has 0 spiro atoms. The third-order valence-corrected chi connectivity index (χ3v) is 3.55. The second-order valence-electron chi connectivity index (χ2n) is 4.93. The molecule has 7 nitrogen and oxygen atoms in total. The molecule has 3 heterocycles. The molecule has 0 aliphatic carbocycles. The lowest BCUT2D eigenvalue weighted by Crippen LogP contribution is -2.29. The van der Waals surface area contributed by atoms with Gasteiger partial charge in [0.2, 0.25) is 0 Å². The molecule has 1 saturated heterocycles. The highest BCUT2D eigenvalue weighted by molar-refractivity contribution is 5.52. The van der Waals surface area contributed by atoms with E-state index in [1.54, 1.807) is 6.92 Å². The molecule has 3 rings (SSSR count). The maximum absolute atomic E-state index is 11.5. The molecule has 2 aromatic heterocycles. The number of aromatic amines is 1. The summed E-state index contributed by atoms with van der Waals surface area (Å²) in [4.78, 5) is 18.1. The van der Waals surface area contributed by atoms with Crippen LogP contribution >= 0.6 is 0 Å². The molecule has 0 radical (unpaired) electrons. The highest BCUT2D eigenvalue weighted by atomic mass is 16.1. The molecule has 1 aliphatic rings. The number of H-pyrrole nitrogens is 1. The van der Waals surface area contributed by atoms with Gasteiger partial charge in [-0.3, -0.25) is 0 Å². The summed E-state index contributed by atoms with van der Waals surface area (Å²) in [5, 5.41) is 6.40. The summed E-state index contributed by atoms with van der Waals surface area (Å²) in [6, 6.07) is 1.99. The Morgan fingerprint density at radius 3 is 2.94 bits per heavy atom. The van der Waals surface area contributed by atoms with E-state index in [2.05, 4.69) is 27.0 Å². The summed E-state index contributed by atoms with van der Waals surface area (Å²) in [5.41, 5.74) is 6.35. The summed E-state index contributed by atoms with van der Waals surface area (Å²) in [5.74, 6) is 1.91. The quantitative estimate of drug-likeness (QED) is 0.710. The van der Waals surface area contributed by atoms with Gasteiger partial charge in [-0.2, -0.15) is 5.10 Å². The summed E-state index contributed by atoms with van der Waals surface area (Å²) >= 11 is 0. The fraction of sp³-hybridized carbons (Fsp3) is 0.545. The molecule has 2 aromatic rings. The van der Waals surface area contributed by atoms with Crippen LogP contribution in [0, 0.1) is 12.8 Å². The Kier molecular flexibility index (Phi) is 2.37. The molecule has 96 valence electrons. The molecule has 0 aromatic carbocycles. The third-order valence-electron chi connectivity index (χ3n) is 3.55. The summed E-state index contributed by atoms with van der Waals surface area (Å²) in [6.45, 7) is 5.61. The minimum absolute atomic E-state index is 0.171. The lowest BCUT2D eigenvalue weighted by Gasteiger charge is -2.17. The van der Waals surface area contributed by atoms with E-state index in [-0.39, 0.29) is 11.7 Å². The van der Waals surface area contributed by atoms with Crippen LogP contribution in [0.25, 0.3) is 5.65 Å². The molecule has 7 heteroatoms. The predicted octanol–water partition coefficient (Wildman–Crippen LogP) is -0.491. The van der Waals surface area contributed by atoms with Gasteiger partial charge in [0.1, 0.15) is 11.6 Å². The van der Waals surface area contributed by atoms with E-state index >= 15 is 0 Å². The number of hydrogen-bond donors (Lipinski definition) is 2. The zero-order valence-electron chi connectivity index (χ0n) is 10.4. The lowest BCUT2D eigenvalue weighted by atomic mass is 10.1. The second-order valence-corrected chi connectivity index (χ2v) is 4.93. The van der Waals surface area contributed by atoms with Gasteiger partial charge in [-0.05, 0) is 12.8 Å². The maximum Gasteiger partial charge on any atom is 0.349 e. The summed E-state index contributed by atoms with van der Waals surface area (Å²) in [6.07, 6.45) is 0. The standard InChI is InChI=1S/C11H16N6O/c1-6-4-16(5-8(6)12)9-3-10-14-15-11(18)17(10)7(2)13-9/h3,6,8H,4-5,12H2,1-2H3,(H,15,18). The number of aromatic nitrogens is 4. The number of anilines is 1. The van der Waals surface area contributed by atoms with Gasteiger partial charge in [0.25, 0.3) is 0 Å². The molecular formula is C11H16N6O. The Bertz CT molecular complexity index is 635. The number of aryl methyl sites for hydroxylation is 1. The van der Waals surface area contributed by atoms with Gasteiger partial charge in [0.15, 0.2) is 5.65 Å². The van der Waals surface area contributed by atoms with Crippen molar-refractivity contribution in [2.75, 3.05) is 18.0 Å². The van der Waals surface area contributed by atoms with Gasteiger partial charge in [0.05, 0.1) is 0 Å². The van der Waals surface area contributed by atoms with Crippen molar-refractivity contribution in [3.05, 3.63) is 22.4 Å². The number of nitrogens with zero attached hydrogens (tertiary/aromatic N) is 4. The zero-order valence-corrected chi connectivity index (χ0v) is 10.4. The van der Waals surface area contributed by atoms with E-state index in [1.165, 1.54) is 4.40 Å². The normalized spacial score (nSPS) is 24.1. The van der Waals surface area contributed by atoms with Crippen LogP contribution in [-0.4, -0.2) is 38.7 Å². The first-order valence-electron chi connectivity index (χ1n) is 6.01. The SMILES string of the molecule is Cc1nc(N2CC(C)C(N)C2)cc2n[nH]c(=O)n12. The van der Waals surface area contributed by atoms with Gasteiger partial charge >= 0.3 is 5.69 Å². The Morgan fingerprint density at radius 2 is 2.28 bits per heavy atom. The topological polar surface area (TPSA) is 92.3 Å². The predicted molar refractivity (Wildman–Crippen MR) is 67.7 cm³/mol. The van der Waals surface area contributed by atoms with Crippen molar-refractivity contribution in [2.45, 2.75) is 19.9 Å². The minimum Gasteiger partial charge on any atom is -0.355 e. The van der Waals surface area contributed by atoms with Crippen molar-refractivity contribution in [3.63, 3.8) is 0 Å². The number of nitrogens with two attached hydrogens (primary N) is 1. The first kappa shape index (κ1) is 11.2. The monoisotopic (exact) mass is 248 g/mol. The largest absolute Gasteiger partial charge is 0.355 e. The molecule has 1 aliphatic heterocycles. The van der Waals surface area contributed by atoms with E-state index < -0.39 is 0 Å². The molecule has 0 bridgehead atoms. The minimum atomic E-state index is -0.256. The van der Waals surface area contributed by atoms with E-state index in [0.717, 1.165) is 18.9 Å². The van der Waals surface area contributed by atoms with E-state index in [0.29, 0.717) is 17.4 Å². The molecule has 3 N–H and O–H groups in total. The molecule has 2 atom stereocenters. The van der Waals surface area contributed by atoms with Crippen molar-refractivity contribution in [1.29, 1.82) is 0 Å². The van der Waals surface area contributed by atoms with Crippen molar-refractivity contribution >= 4 is 11.5 Å². The maximum atomic E-state index is 11.5. The van der Waals surface area contributed by atoms with Crippen molar-refractivity contribution in [1.82, 2.24) is 19.6 Å². The molecular weight excluding hydrogens is 232 g/mol. The Balaban J connectivity index is 2.06. The van der Waals surface area contributed by atoms with Crippen LogP contribution in [0.4, 0.5) is 5.82 Å². The summed E-state index contributed by atoms with van der Waals surface area (Å²) < 4.78 is 1.46. The van der Waals surface area contributed by atoms with E-state index in [4.69, 9.17) is 5.73 Å². The average Bonchev–Trinajstić information content (AvgIpc) is 2.84. The Labute approximate surface area is 104 Å². The van der Waals surface area contributed by atoms with Gasteiger partial charge in [-0.25, -0.2) is 19.3 Å². The molecule has 2 unspecified atom stereocenters. The van der Waals surface area contributed by atoms with E-state index in [9.17, 15) is 4.79 Å². The number of nitrogens with one attached hydrogen (secondary N) is 1. The van der Waals surface area contributed by atoms with Crippen LogP contribution in [-0.2, 0) is 0 Å². The fourth-order valence-electron chi connectivity index (χ4n) is 2.42. The second kappa shape index (κ2) is 3.81. The number of fused-ring (bicyclic) bond motifs is 1. The van der Waals surface area contributed by atoms with Gasteiger partial charge < -0.3 is 10.6 Å². The first-order chi connectivity index (χ1) is 8.56. The van der Waals surface area contributed by atoms with Crippen LogP contribution in [0.5, 0.6) is 0 Å².